The predicted octanol–water partition coefficient (Wildman–Crippen LogP) is 7.79. The van der Waals surface area contributed by atoms with Crippen LogP contribution < -0.4 is 9.80 Å². The first-order valence-corrected chi connectivity index (χ1v) is 13.9. The highest BCUT2D eigenvalue weighted by Crippen LogP contribution is 2.66. The van der Waals surface area contributed by atoms with E-state index in [1.807, 2.05) is 0 Å². The van der Waals surface area contributed by atoms with Crippen LogP contribution in [-0.2, 0) is 18.3 Å². The van der Waals surface area contributed by atoms with Crippen molar-refractivity contribution in [3.8, 4) is 11.1 Å². The van der Waals surface area contributed by atoms with E-state index in [1.165, 1.54) is 57.9 Å². The molecule has 3 heterocycles. The molecule has 8 rings (SSSR count). The van der Waals surface area contributed by atoms with Crippen LogP contribution in [0.5, 0.6) is 0 Å². The van der Waals surface area contributed by atoms with Crippen molar-refractivity contribution in [3.05, 3.63) is 107 Å². The highest BCUT2D eigenvalue weighted by atomic mass is 15.5. The number of anilines is 4. The predicted molar refractivity (Wildman–Crippen MR) is 154 cm³/mol. The molecule has 4 heteroatoms. The van der Waals surface area contributed by atoms with Gasteiger partial charge in [0.05, 0.1) is 11.4 Å². The number of aryl methyl sites for hydroxylation is 3. The lowest BCUT2D eigenvalue weighted by Gasteiger charge is -2.61. The topological polar surface area (TPSA) is 32.3 Å². The summed E-state index contributed by atoms with van der Waals surface area (Å²) in [4.78, 5) is 15.8. The number of hydrogen-bond donors (Lipinski definition) is 0. The molecule has 2 aliphatic carbocycles. The molecule has 0 N–H and O–H groups in total. The van der Waals surface area contributed by atoms with Crippen molar-refractivity contribution in [1.29, 1.82) is 0 Å². The van der Waals surface area contributed by atoms with Gasteiger partial charge in [-0.25, -0.2) is 9.97 Å². The summed E-state index contributed by atoms with van der Waals surface area (Å²) in [6, 6.07) is 26.6. The number of hydrogen-bond acceptors (Lipinski definition) is 4. The Morgan fingerprint density at radius 1 is 0.763 bits per heavy atom. The van der Waals surface area contributed by atoms with E-state index in [0.717, 1.165) is 24.5 Å². The summed E-state index contributed by atoms with van der Waals surface area (Å²) in [6.07, 6.45) is 9.31. The van der Waals surface area contributed by atoms with Crippen LogP contribution in [0.3, 0.4) is 0 Å². The maximum Gasteiger partial charge on any atom is 0.178 e. The first kappa shape index (κ1) is 22.1. The lowest BCUT2D eigenvalue weighted by atomic mass is 9.50. The Morgan fingerprint density at radius 3 is 2.13 bits per heavy atom. The summed E-state index contributed by atoms with van der Waals surface area (Å²) < 4.78 is 0. The van der Waals surface area contributed by atoms with Crippen LogP contribution in [0.25, 0.3) is 11.1 Å². The number of benzene rings is 3. The molecule has 4 nitrogen and oxygen atoms in total. The smallest absolute Gasteiger partial charge is 0.178 e. The van der Waals surface area contributed by atoms with Gasteiger partial charge in [0.25, 0.3) is 0 Å². The van der Waals surface area contributed by atoms with Crippen molar-refractivity contribution in [2.45, 2.75) is 58.0 Å². The Labute approximate surface area is 224 Å². The van der Waals surface area contributed by atoms with E-state index in [1.54, 1.807) is 0 Å². The Balaban J connectivity index is 1.42. The molecule has 3 aromatic carbocycles. The fraction of sp³-hybridized carbons (Fsp3) is 0.294. The zero-order valence-corrected chi connectivity index (χ0v) is 22.3. The van der Waals surface area contributed by atoms with Gasteiger partial charge in [-0.05, 0) is 73.1 Å². The fourth-order valence-corrected chi connectivity index (χ4v) is 7.34. The van der Waals surface area contributed by atoms with E-state index in [2.05, 4.69) is 116 Å². The average Bonchev–Trinajstić information content (AvgIpc) is 3.28. The molecule has 3 unspecified atom stereocenters. The SMILES string of the molecule is Cc1ccccc1-c1ccc2c(c1)N1c3nc4c(nc3N(c3ccccc3)C1C1(C)C=CC21C)CCCC4. The molecule has 0 saturated carbocycles. The van der Waals surface area contributed by atoms with Crippen molar-refractivity contribution < 1.29 is 0 Å². The zero-order valence-electron chi connectivity index (χ0n) is 22.3. The summed E-state index contributed by atoms with van der Waals surface area (Å²) in [7, 11) is 0. The molecule has 2 aliphatic heterocycles. The summed E-state index contributed by atoms with van der Waals surface area (Å²) in [5.74, 6) is 2.01. The maximum atomic E-state index is 5.41. The minimum Gasteiger partial charge on any atom is -0.301 e. The van der Waals surface area contributed by atoms with Crippen molar-refractivity contribution >= 4 is 23.0 Å². The molecule has 0 spiro atoms. The number of rotatable bonds is 2. The normalized spacial score (nSPS) is 26.1. The van der Waals surface area contributed by atoms with Gasteiger partial charge in [0.15, 0.2) is 11.6 Å². The Hall–Kier alpha value is -3.92. The first-order valence-electron chi connectivity index (χ1n) is 13.9. The second-order valence-electron chi connectivity index (χ2n) is 11.8. The van der Waals surface area contributed by atoms with Crippen LogP contribution in [0, 0.1) is 12.3 Å². The van der Waals surface area contributed by atoms with Gasteiger partial charge < -0.3 is 9.80 Å². The summed E-state index contributed by atoms with van der Waals surface area (Å²) >= 11 is 0. The van der Waals surface area contributed by atoms with Gasteiger partial charge in [-0.2, -0.15) is 0 Å². The van der Waals surface area contributed by atoms with Crippen molar-refractivity contribution in [2.75, 3.05) is 9.80 Å². The van der Waals surface area contributed by atoms with Gasteiger partial charge in [0.2, 0.25) is 0 Å². The second-order valence-corrected chi connectivity index (χ2v) is 11.8. The highest BCUT2D eigenvalue weighted by molar-refractivity contribution is 5.90. The Kier molecular flexibility index (Phi) is 4.40. The third-order valence-corrected chi connectivity index (χ3v) is 9.76. The lowest BCUT2D eigenvalue weighted by molar-refractivity contribution is 0.174. The number of aromatic nitrogens is 2. The molecular formula is C34H32N4. The molecule has 0 fully saturated rings. The van der Waals surface area contributed by atoms with Crippen molar-refractivity contribution in [3.63, 3.8) is 0 Å². The van der Waals surface area contributed by atoms with E-state index in [-0.39, 0.29) is 17.0 Å². The summed E-state index contributed by atoms with van der Waals surface area (Å²) in [5, 5.41) is 0. The van der Waals surface area contributed by atoms with Crippen LogP contribution in [-0.4, -0.2) is 16.1 Å². The molecule has 4 aliphatic rings. The molecule has 38 heavy (non-hydrogen) atoms. The van der Waals surface area contributed by atoms with E-state index in [4.69, 9.17) is 9.97 Å². The van der Waals surface area contributed by atoms with Gasteiger partial charge in [-0.15, -0.1) is 0 Å². The first-order chi connectivity index (χ1) is 18.5. The van der Waals surface area contributed by atoms with Gasteiger partial charge in [-0.1, -0.05) is 80.6 Å². The largest absolute Gasteiger partial charge is 0.301 e. The molecule has 0 amide bonds. The molecule has 1 aromatic heterocycles. The monoisotopic (exact) mass is 496 g/mol. The number of nitrogens with zero attached hydrogens (tertiary/aromatic N) is 4. The van der Waals surface area contributed by atoms with E-state index < -0.39 is 0 Å². The third-order valence-electron chi connectivity index (χ3n) is 9.76. The lowest BCUT2D eigenvalue weighted by Crippen LogP contribution is -2.64. The van der Waals surface area contributed by atoms with Crippen LogP contribution >= 0.6 is 0 Å². The fourth-order valence-electron chi connectivity index (χ4n) is 7.34. The van der Waals surface area contributed by atoms with Gasteiger partial charge in [0.1, 0.15) is 6.17 Å². The molecule has 0 bridgehead atoms. The Morgan fingerprint density at radius 2 is 1.45 bits per heavy atom. The minimum atomic E-state index is -0.108. The number of para-hydroxylation sites is 1. The number of allylic oxidation sites excluding steroid dienone is 1. The van der Waals surface area contributed by atoms with E-state index in [9.17, 15) is 0 Å². The van der Waals surface area contributed by atoms with Crippen molar-refractivity contribution in [2.24, 2.45) is 5.41 Å². The average molecular weight is 497 g/mol. The molecular weight excluding hydrogens is 464 g/mol. The standard InChI is InChI=1S/C34H32N4/c1-22-11-7-8-14-25(22)23-17-18-26-29(21-23)38-31-30(35-27-15-9-10-16-28(27)36-31)37(24-12-5-4-6-13-24)32(38)34(3)20-19-33(26,34)2/h4-8,11-14,17-21,32H,9-10,15-16H2,1-3H3. The van der Waals surface area contributed by atoms with Gasteiger partial charge in [0, 0.05) is 22.2 Å². The third kappa shape index (κ3) is 2.70. The van der Waals surface area contributed by atoms with E-state index >= 15 is 0 Å². The van der Waals surface area contributed by atoms with Gasteiger partial charge >= 0.3 is 0 Å². The van der Waals surface area contributed by atoms with Crippen LogP contribution in [0.15, 0.2) is 84.9 Å². The molecule has 4 aromatic rings. The van der Waals surface area contributed by atoms with Crippen LogP contribution in [0.4, 0.5) is 23.0 Å². The van der Waals surface area contributed by atoms with Gasteiger partial charge in [-0.3, -0.25) is 0 Å². The highest BCUT2D eigenvalue weighted by Gasteiger charge is 2.64. The quantitative estimate of drug-likeness (QED) is 0.265. The summed E-state index contributed by atoms with van der Waals surface area (Å²) in [5.41, 5.74) is 9.80. The van der Waals surface area contributed by atoms with E-state index in [0.29, 0.717) is 0 Å². The minimum absolute atomic E-state index is 0.0540. The van der Waals surface area contributed by atoms with Crippen LogP contribution in [0.2, 0.25) is 0 Å². The van der Waals surface area contributed by atoms with Crippen LogP contribution in [0.1, 0.15) is 49.2 Å². The molecule has 0 radical (unpaired) electrons. The Bertz CT molecular complexity index is 1640. The maximum absolute atomic E-state index is 5.41. The molecule has 3 atom stereocenters. The number of fused-ring (bicyclic) bond motifs is 9. The zero-order chi connectivity index (χ0) is 25.6. The second kappa shape index (κ2) is 7.57. The molecule has 188 valence electrons. The summed E-state index contributed by atoms with van der Waals surface area (Å²) in [6.45, 7) is 7.03. The van der Waals surface area contributed by atoms with Crippen molar-refractivity contribution in [1.82, 2.24) is 9.97 Å². The molecule has 0 saturated heterocycles.